The van der Waals surface area contributed by atoms with Gasteiger partial charge in [0.05, 0.1) is 17.8 Å². The monoisotopic (exact) mass is 338 g/mol. The van der Waals surface area contributed by atoms with Crippen LogP contribution in [0.25, 0.3) is 10.9 Å². The van der Waals surface area contributed by atoms with Gasteiger partial charge in [0.1, 0.15) is 12.1 Å². The smallest absolute Gasteiger partial charge is 0.150 e. The first-order chi connectivity index (χ1) is 12.0. The fraction of sp³-hybridized carbons (Fsp3) is 0.333. The Labute approximate surface area is 146 Å². The Morgan fingerprint density at radius 2 is 2.24 bits per heavy atom. The van der Waals surface area contributed by atoms with Crippen molar-refractivity contribution in [2.24, 2.45) is 15.3 Å². The maximum atomic E-state index is 10.3. The van der Waals surface area contributed by atoms with Gasteiger partial charge in [0.2, 0.25) is 0 Å². The van der Waals surface area contributed by atoms with Gasteiger partial charge in [-0.2, -0.15) is 5.11 Å². The van der Waals surface area contributed by atoms with E-state index in [-0.39, 0.29) is 0 Å². The van der Waals surface area contributed by atoms with E-state index in [1.165, 1.54) is 0 Å². The van der Waals surface area contributed by atoms with Crippen LogP contribution < -0.4 is 5.32 Å². The highest BCUT2D eigenvalue weighted by atomic mass is 16.3. The molecule has 2 aromatic rings. The van der Waals surface area contributed by atoms with Crippen molar-refractivity contribution < 1.29 is 5.11 Å². The van der Waals surface area contributed by atoms with E-state index in [9.17, 15) is 5.11 Å². The summed E-state index contributed by atoms with van der Waals surface area (Å²) in [7, 11) is 1.77. The van der Waals surface area contributed by atoms with Crippen LogP contribution in [0.3, 0.4) is 0 Å². The number of nitrogens with zero attached hydrogens (tertiary/aromatic N) is 5. The lowest BCUT2D eigenvalue weighted by Crippen LogP contribution is -2.28. The van der Waals surface area contributed by atoms with Gasteiger partial charge in [0.15, 0.2) is 5.84 Å². The maximum absolute atomic E-state index is 10.3. The molecular weight excluding hydrogens is 316 g/mol. The molecule has 2 N–H and O–H groups in total. The van der Waals surface area contributed by atoms with Crippen LogP contribution in [0.15, 0.2) is 63.8 Å². The minimum atomic E-state index is -1.06. The molecule has 0 radical (unpaired) electrons. The fourth-order valence-electron chi connectivity index (χ4n) is 2.54. The van der Waals surface area contributed by atoms with Crippen molar-refractivity contribution in [3.8, 4) is 0 Å². The lowest BCUT2D eigenvalue weighted by atomic mass is 10.1. The molecule has 1 aliphatic heterocycles. The van der Waals surface area contributed by atoms with Crippen molar-refractivity contribution in [1.82, 2.24) is 15.3 Å². The van der Waals surface area contributed by atoms with Gasteiger partial charge in [-0.25, -0.2) is 10.0 Å². The van der Waals surface area contributed by atoms with Crippen LogP contribution in [0.4, 0.5) is 0 Å². The van der Waals surface area contributed by atoms with E-state index in [1.807, 2.05) is 24.3 Å². The zero-order valence-corrected chi connectivity index (χ0v) is 14.6. The second kappa shape index (κ2) is 6.98. The molecule has 7 nitrogen and oxygen atoms in total. The number of aliphatic imine (C=N–C) groups is 1. The summed E-state index contributed by atoms with van der Waals surface area (Å²) in [5, 5.41) is 24.3. The van der Waals surface area contributed by atoms with Gasteiger partial charge in [-0.15, -0.1) is 0 Å². The summed E-state index contributed by atoms with van der Waals surface area (Å²) in [6.45, 7) is 4.35. The van der Waals surface area contributed by atoms with Gasteiger partial charge in [-0.3, -0.25) is 4.98 Å². The molecule has 1 aromatic carbocycles. The van der Waals surface area contributed by atoms with E-state index in [4.69, 9.17) is 0 Å². The fourth-order valence-corrected chi connectivity index (χ4v) is 2.54. The third-order valence-corrected chi connectivity index (χ3v) is 3.84. The highest BCUT2D eigenvalue weighted by Gasteiger charge is 2.23. The van der Waals surface area contributed by atoms with Crippen molar-refractivity contribution in [1.29, 1.82) is 0 Å². The van der Waals surface area contributed by atoms with E-state index < -0.39 is 5.60 Å². The molecule has 0 aliphatic carbocycles. The molecule has 1 aliphatic rings. The average molecular weight is 338 g/mol. The third kappa shape index (κ3) is 4.00. The molecule has 0 fully saturated rings. The van der Waals surface area contributed by atoms with Crippen LogP contribution in [-0.2, 0) is 6.54 Å². The maximum Gasteiger partial charge on any atom is 0.150 e. The summed E-state index contributed by atoms with van der Waals surface area (Å²) in [6, 6.07) is 10.1. The van der Waals surface area contributed by atoms with Crippen molar-refractivity contribution in [2.75, 3.05) is 13.6 Å². The largest absolute Gasteiger partial charge is 0.392 e. The topological polar surface area (TPSA) is 85.5 Å². The quantitative estimate of drug-likeness (QED) is 0.877. The molecule has 0 saturated heterocycles. The number of fused-ring (bicyclic) bond motifs is 1. The van der Waals surface area contributed by atoms with E-state index >= 15 is 0 Å². The molecule has 7 heteroatoms. The summed E-state index contributed by atoms with van der Waals surface area (Å²) in [5.41, 5.74) is 1.53. The zero-order valence-electron chi connectivity index (χ0n) is 14.6. The summed E-state index contributed by atoms with van der Waals surface area (Å²) < 4.78 is 0. The van der Waals surface area contributed by atoms with Gasteiger partial charge < -0.3 is 10.4 Å². The predicted molar refractivity (Wildman–Crippen MR) is 97.9 cm³/mol. The standard InChI is InChI=1S/C18H22N6O/c1-18(2,25)16(10-19-3)22-17-11-21-23-24(17)12-13-6-7-15-14(9-13)5-4-8-20-15/h4-10,19,25H,11-12H2,1-3H3/b16-10-,22-17?. The summed E-state index contributed by atoms with van der Waals surface area (Å²) in [4.78, 5) is 8.90. The van der Waals surface area contributed by atoms with Gasteiger partial charge in [-0.1, -0.05) is 17.4 Å². The van der Waals surface area contributed by atoms with Gasteiger partial charge in [0.25, 0.3) is 0 Å². The highest BCUT2D eigenvalue weighted by molar-refractivity contribution is 5.86. The molecule has 0 saturated carbocycles. The molecule has 0 spiro atoms. The number of nitrogens with one attached hydrogen (secondary N) is 1. The normalized spacial score (nSPS) is 16.9. The number of rotatable bonds is 5. The lowest BCUT2D eigenvalue weighted by Gasteiger charge is -2.20. The number of aliphatic hydroxyl groups is 1. The zero-order chi connectivity index (χ0) is 17.9. The number of aromatic nitrogens is 1. The Balaban J connectivity index is 1.84. The lowest BCUT2D eigenvalue weighted by molar-refractivity contribution is 0.117. The SMILES string of the molecule is CN/C=C(\N=C1CN=NN1Cc1ccc2ncccc2c1)C(C)(C)O. The first-order valence-corrected chi connectivity index (χ1v) is 8.14. The summed E-state index contributed by atoms with van der Waals surface area (Å²) in [5.74, 6) is 0.704. The van der Waals surface area contributed by atoms with E-state index in [1.54, 1.807) is 38.3 Å². The number of hydrogen-bond donors (Lipinski definition) is 2. The summed E-state index contributed by atoms with van der Waals surface area (Å²) in [6.07, 6.45) is 3.47. The average Bonchev–Trinajstić information content (AvgIpc) is 3.00. The molecule has 0 unspecified atom stereocenters. The second-order valence-corrected chi connectivity index (χ2v) is 6.38. The van der Waals surface area contributed by atoms with Crippen LogP contribution in [0, 0.1) is 0 Å². The van der Waals surface area contributed by atoms with Gasteiger partial charge >= 0.3 is 0 Å². The molecule has 2 heterocycles. The highest BCUT2D eigenvalue weighted by Crippen LogP contribution is 2.20. The molecule has 130 valence electrons. The second-order valence-electron chi connectivity index (χ2n) is 6.38. The number of hydrogen-bond acceptors (Lipinski definition) is 6. The first kappa shape index (κ1) is 17.0. The molecule has 25 heavy (non-hydrogen) atoms. The molecule has 0 atom stereocenters. The third-order valence-electron chi connectivity index (χ3n) is 3.84. The minimum absolute atomic E-state index is 0.395. The van der Waals surface area contributed by atoms with Crippen molar-refractivity contribution in [3.05, 3.63) is 54.0 Å². The summed E-state index contributed by atoms with van der Waals surface area (Å²) >= 11 is 0. The number of amidine groups is 1. The minimum Gasteiger partial charge on any atom is -0.392 e. The number of pyridine rings is 1. The molecule has 3 rings (SSSR count). The first-order valence-electron chi connectivity index (χ1n) is 8.14. The Bertz CT molecular complexity index is 850. The van der Waals surface area contributed by atoms with Crippen LogP contribution in [0.5, 0.6) is 0 Å². The van der Waals surface area contributed by atoms with Gasteiger partial charge in [-0.05, 0) is 37.6 Å². The predicted octanol–water partition coefficient (Wildman–Crippen LogP) is 2.65. The molecule has 0 amide bonds. The molecule has 0 bridgehead atoms. The van der Waals surface area contributed by atoms with Crippen LogP contribution >= 0.6 is 0 Å². The van der Waals surface area contributed by atoms with Crippen LogP contribution in [0.1, 0.15) is 19.4 Å². The Kier molecular flexibility index (Phi) is 4.76. The number of benzene rings is 1. The van der Waals surface area contributed by atoms with Crippen molar-refractivity contribution >= 4 is 16.7 Å². The van der Waals surface area contributed by atoms with Crippen LogP contribution in [0.2, 0.25) is 0 Å². The van der Waals surface area contributed by atoms with Crippen molar-refractivity contribution in [3.63, 3.8) is 0 Å². The Morgan fingerprint density at radius 1 is 1.40 bits per heavy atom. The Hall–Kier alpha value is -2.80. The van der Waals surface area contributed by atoms with E-state index in [0.29, 0.717) is 24.6 Å². The molecular formula is C18H22N6O. The Morgan fingerprint density at radius 3 is 3.00 bits per heavy atom. The van der Waals surface area contributed by atoms with E-state index in [2.05, 4.69) is 31.7 Å². The van der Waals surface area contributed by atoms with Crippen LogP contribution in [-0.4, -0.2) is 40.1 Å². The van der Waals surface area contributed by atoms with Gasteiger partial charge in [0, 0.05) is 24.8 Å². The molecule has 1 aromatic heterocycles. The van der Waals surface area contributed by atoms with E-state index in [0.717, 1.165) is 16.5 Å². The van der Waals surface area contributed by atoms with Crippen molar-refractivity contribution in [2.45, 2.75) is 26.0 Å².